The Morgan fingerprint density at radius 3 is 2.64 bits per heavy atom. The average molecular weight is 192 g/mol. The summed E-state index contributed by atoms with van der Waals surface area (Å²) in [5.74, 6) is 1.71. The summed E-state index contributed by atoms with van der Waals surface area (Å²) < 4.78 is 5.81. The van der Waals surface area contributed by atoms with Gasteiger partial charge >= 0.3 is 0 Å². The van der Waals surface area contributed by atoms with Gasteiger partial charge in [0.1, 0.15) is 5.60 Å². The lowest BCUT2D eigenvalue weighted by molar-refractivity contribution is -0.141. The van der Waals surface area contributed by atoms with Gasteiger partial charge in [-0.1, -0.05) is 0 Å². The molecule has 2 bridgehead atoms. The summed E-state index contributed by atoms with van der Waals surface area (Å²) in [6.45, 7) is 0. The van der Waals surface area contributed by atoms with Gasteiger partial charge < -0.3 is 4.74 Å². The van der Waals surface area contributed by atoms with E-state index >= 15 is 0 Å². The van der Waals surface area contributed by atoms with Crippen LogP contribution in [0.25, 0.3) is 0 Å². The minimum atomic E-state index is -0.0903. The van der Waals surface area contributed by atoms with Gasteiger partial charge in [0.05, 0.1) is 12.7 Å². The molecule has 0 saturated heterocycles. The first-order valence-corrected chi connectivity index (χ1v) is 5.66. The summed E-state index contributed by atoms with van der Waals surface area (Å²) in [5, 5.41) is 0. The van der Waals surface area contributed by atoms with Gasteiger partial charge in [-0.25, -0.2) is 0 Å². The molecule has 0 amide bonds. The Labute approximate surface area is 84.3 Å². The van der Waals surface area contributed by atoms with E-state index in [0.717, 1.165) is 12.3 Å². The van der Waals surface area contributed by atoms with Crippen LogP contribution >= 0.6 is 0 Å². The smallest absolute Gasteiger partial charge is 0.162 e. The second-order valence-electron chi connectivity index (χ2n) is 5.05. The van der Waals surface area contributed by atoms with E-state index in [1.807, 2.05) is 0 Å². The van der Waals surface area contributed by atoms with E-state index in [1.54, 1.807) is 12.3 Å². The van der Waals surface area contributed by atoms with Crippen molar-refractivity contribution in [2.75, 3.05) is 0 Å². The van der Waals surface area contributed by atoms with E-state index < -0.39 is 0 Å². The van der Waals surface area contributed by atoms with Crippen LogP contribution in [0.3, 0.4) is 0 Å². The van der Waals surface area contributed by atoms with Crippen molar-refractivity contribution in [3.63, 3.8) is 0 Å². The lowest BCUT2D eigenvalue weighted by atomic mass is 9.60. The quantitative estimate of drug-likeness (QED) is 0.589. The normalized spacial score (nSPS) is 45.6. The molecular weight excluding hydrogens is 176 g/mol. The molecule has 2 heteroatoms. The van der Waals surface area contributed by atoms with Gasteiger partial charge in [0, 0.05) is 6.08 Å². The van der Waals surface area contributed by atoms with Crippen molar-refractivity contribution in [1.29, 1.82) is 0 Å². The van der Waals surface area contributed by atoms with E-state index in [1.165, 1.54) is 25.7 Å². The van der Waals surface area contributed by atoms with Crippen molar-refractivity contribution in [2.24, 2.45) is 11.8 Å². The Kier molecular flexibility index (Phi) is 1.73. The second-order valence-corrected chi connectivity index (χ2v) is 5.05. The highest BCUT2D eigenvalue weighted by atomic mass is 16.5. The van der Waals surface area contributed by atoms with Gasteiger partial charge in [0.25, 0.3) is 0 Å². The SMILES string of the molecule is O=C1C=COC2(C1)CC1CCC2CC1. The van der Waals surface area contributed by atoms with Crippen molar-refractivity contribution in [2.45, 2.75) is 44.1 Å². The lowest BCUT2D eigenvalue weighted by Gasteiger charge is -2.51. The number of fused-ring (bicyclic) bond motifs is 2. The highest BCUT2D eigenvalue weighted by Crippen LogP contribution is 2.51. The number of rotatable bonds is 0. The third-order valence-electron chi connectivity index (χ3n) is 4.26. The molecule has 1 unspecified atom stereocenters. The number of allylic oxidation sites excluding steroid dienone is 1. The van der Waals surface area contributed by atoms with Gasteiger partial charge in [-0.3, -0.25) is 4.79 Å². The average Bonchev–Trinajstić information content (AvgIpc) is 2.18. The molecule has 3 fully saturated rings. The van der Waals surface area contributed by atoms with E-state index in [2.05, 4.69) is 0 Å². The second kappa shape index (κ2) is 2.85. The number of hydrogen-bond acceptors (Lipinski definition) is 2. The molecule has 4 rings (SSSR count). The Morgan fingerprint density at radius 2 is 2.07 bits per heavy atom. The topological polar surface area (TPSA) is 26.3 Å². The molecular formula is C12H16O2. The molecule has 2 nitrogen and oxygen atoms in total. The highest BCUT2D eigenvalue weighted by molar-refractivity contribution is 5.90. The van der Waals surface area contributed by atoms with Crippen LogP contribution in [0.2, 0.25) is 0 Å². The van der Waals surface area contributed by atoms with E-state index in [9.17, 15) is 4.79 Å². The molecule has 4 aliphatic rings. The number of ether oxygens (including phenoxy) is 1. The monoisotopic (exact) mass is 192 g/mol. The van der Waals surface area contributed by atoms with Crippen LogP contribution in [0, 0.1) is 11.8 Å². The molecule has 1 spiro atoms. The molecule has 76 valence electrons. The minimum absolute atomic E-state index is 0.0903. The first-order valence-electron chi connectivity index (χ1n) is 5.66. The third kappa shape index (κ3) is 1.13. The summed E-state index contributed by atoms with van der Waals surface area (Å²) in [5.41, 5.74) is -0.0903. The van der Waals surface area contributed by atoms with Crippen molar-refractivity contribution in [1.82, 2.24) is 0 Å². The fourth-order valence-electron chi connectivity index (χ4n) is 3.55. The fraction of sp³-hybridized carbons (Fsp3) is 0.750. The number of carbonyl (C=O) groups is 1. The van der Waals surface area contributed by atoms with E-state index in [4.69, 9.17) is 4.74 Å². The zero-order valence-electron chi connectivity index (χ0n) is 8.37. The summed E-state index contributed by atoms with van der Waals surface area (Å²) in [6, 6.07) is 0. The van der Waals surface area contributed by atoms with Gasteiger partial charge in [-0.05, 0) is 43.9 Å². The van der Waals surface area contributed by atoms with Crippen LogP contribution in [0.4, 0.5) is 0 Å². The van der Waals surface area contributed by atoms with Crippen LogP contribution in [0.15, 0.2) is 12.3 Å². The van der Waals surface area contributed by atoms with E-state index in [-0.39, 0.29) is 11.4 Å². The zero-order valence-corrected chi connectivity index (χ0v) is 8.37. The van der Waals surface area contributed by atoms with Crippen LogP contribution in [-0.2, 0) is 9.53 Å². The zero-order chi connectivity index (χ0) is 9.60. The molecule has 1 atom stereocenters. The molecule has 3 saturated carbocycles. The van der Waals surface area contributed by atoms with Crippen molar-refractivity contribution in [3.05, 3.63) is 12.3 Å². The predicted molar refractivity (Wildman–Crippen MR) is 52.6 cm³/mol. The minimum Gasteiger partial charge on any atom is -0.494 e. The number of ketones is 1. The summed E-state index contributed by atoms with van der Waals surface area (Å²) in [4.78, 5) is 11.4. The van der Waals surface area contributed by atoms with Gasteiger partial charge in [0.2, 0.25) is 0 Å². The molecule has 1 heterocycles. The van der Waals surface area contributed by atoms with Crippen LogP contribution < -0.4 is 0 Å². The molecule has 0 aromatic heterocycles. The molecule has 0 N–H and O–H groups in total. The lowest BCUT2D eigenvalue weighted by Crippen LogP contribution is -2.50. The number of carbonyl (C=O) groups excluding carboxylic acids is 1. The molecule has 0 radical (unpaired) electrons. The first kappa shape index (κ1) is 8.51. The van der Waals surface area contributed by atoms with Crippen molar-refractivity contribution >= 4 is 5.78 Å². The highest BCUT2D eigenvalue weighted by Gasteiger charge is 2.50. The Hall–Kier alpha value is -0.790. The van der Waals surface area contributed by atoms with Crippen molar-refractivity contribution in [3.8, 4) is 0 Å². The predicted octanol–water partition coefficient (Wildman–Crippen LogP) is 2.44. The van der Waals surface area contributed by atoms with Crippen LogP contribution in [0.1, 0.15) is 38.5 Å². The van der Waals surface area contributed by atoms with Gasteiger partial charge in [-0.15, -0.1) is 0 Å². The Bertz CT molecular complexity index is 287. The number of hydrogen-bond donors (Lipinski definition) is 0. The molecule has 0 aromatic rings. The van der Waals surface area contributed by atoms with Gasteiger partial charge in [0.15, 0.2) is 5.78 Å². The fourth-order valence-corrected chi connectivity index (χ4v) is 3.55. The summed E-state index contributed by atoms with van der Waals surface area (Å²) in [7, 11) is 0. The van der Waals surface area contributed by atoms with E-state index in [0.29, 0.717) is 12.3 Å². The molecule has 0 aromatic carbocycles. The molecule has 1 aliphatic heterocycles. The third-order valence-corrected chi connectivity index (χ3v) is 4.26. The van der Waals surface area contributed by atoms with Crippen LogP contribution in [0.5, 0.6) is 0 Å². The Morgan fingerprint density at radius 1 is 1.29 bits per heavy atom. The largest absolute Gasteiger partial charge is 0.494 e. The summed E-state index contributed by atoms with van der Waals surface area (Å²) >= 11 is 0. The standard InChI is InChI=1S/C12H16O2/c13-11-5-6-14-12(8-11)7-9-1-3-10(12)4-2-9/h5-6,9-10H,1-4,7-8H2. The van der Waals surface area contributed by atoms with Crippen LogP contribution in [-0.4, -0.2) is 11.4 Å². The molecule has 3 aliphatic carbocycles. The maximum absolute atomic E-state index is 11.4. The van der Waals surface area contributed by atoms with Gasteiger partial charge in [-0.2, -0.15) is 0 Å². The van der Waals surface area contributed by atoms with Crippen molar-refractivity contribution < 1.29 is 9.53 Å². The molecule has 14 heavy (non-hydrogen) atoms. The maximum atomic E-state index is 11.4. The Balaban J connectivity index is 1.89. The maximum Gasteiger partial charge on any atom is 0.162 e. The summed E-state index contributed by atoms with van der Waals surface area (Å²) in [6.07, 6.45) is 10.2. The first-order chi connectivity index (χ1) is 6.78.